The van der Waals surface area contributed by atoms with E-state index in [-0.39, 0.29) is 42.7 Å². The molecule has 1 rings (SSSR count). The van der Waals surface area contributed by atoms with E-state index in [4.69, 9.17) is 5.73 Å². The van der Waals surface area contributed by atoms with Crippen LogP contribution in [0.5, 0.6) is 0 Å². The smallest absolute Gasteiger partial charge is 0.237 e. The van der Waals surface area contributed by atoms with Crippen molar-refractivity contribution in [1.29, 1.82) is 0 Å². The van der Waals surface area contributed by atoms with Crippen LogP contribution in [0.2, 0.25) is 0 Å². The molecule has 1 aliphatic carbocycles. The molecular formula is C12H27Cl2N3O. The highest BCUT2D eigenvalue weighted by Gasteiger charge is 2.27. The normalized spacial score (nSPS) is 15.9. The van der Waals surface area contributed by atoms with Gasteiger partial charge in [0.2, 0.25) is 5.91 Å². The number of hydrogen-bond acceptors (Lipinski definition) is 3. The molecule has 0 unspecified atom stereocenters. The van der Waals surface area contributed by atoms with Crippen LogP contribution >= 0.6 is 24.8 Å². The molecule has 4 nitrogen and oxygen atoms in total. The second kappa shape index (κ2) is 9.84. The fourth-order valence-electron chi connectivity index (χ4n) is 1.78. The highest BCUT2D eigenvalue weighted by Crippen LogP contribution is 2.25. The molecule has 3 N–H and O–H groups in total. The average Bonchev–Trinajstić information content (AvgIpc) is 3.06. The van der Waals surface area contributed by atoms with Gasteiger partial charge in [0.1, 0.15) is 0 Å². The largest absolute Gasteiger partial charge is 0.353 e. The predicted molar refractivity (Wildman–Crippen MR) is 80.6 cm³/mol. The molecule has 0 bridgehead atoms. The van der Waals surface area contributed by atoms with Gasteiger partial charge in [0.15, 0.2) is 0 Å². The maximum absolute atomic E-state index is 11.6. The first-order valence-electron chi connectivity index (χ1n) is 6.33. The Hall–Kier alpha value is -0.0300. The second-order valence-corrected chi connectivity index (χ2v) is 4.92. The Bertz CT molecular complexity index is 235. The lowest BCUT2D eigenvalue weighted by Crippen LogP contribution is -2.46. The summed E-state index contributed by atoms with van der Waals surface area (Å²) in [5.74, 6) is 0.174. The van der Waals surface area contributed by atoms with Crippen molar-refractivity contribution in [2.24, 2.45) is 11.7 Å². The zero-order valence-electron chi connectivity index (χ0n) is 11.5. The number of amides is 1. The Morgan fingerprint density at radius 3 is 2.33 bits per heavy atom. The minimum atomic E-state index is -0.379. The highest BCUT2D eigenvalue weighted by atomic mass is 35.5. The fourth-order valence-corrected chi connectivity index (χ4v) is 1.78. The molecule has 1 fully saturated rings. The molecule has 1 amide bonds. The van der Waals surface area contributed by atoms with Gasteiger partial charge in [-0.25, -0.2) is 0 Å². The predicted octanol–water partition coefficient (Wildman–Crippen LogP) is 1.41. The SMILES string of the molecule is CCN(CCNC(=O)[C@H](N)C(C)C)C1CC1.Cl.Cl. The monoisotopic (exact) mass is 299 g/mol. The molecule has 0 saturated heterocycles. The molecular weight excluding hydrogens is 273 g/mol. The second-order valence-electron chi connectivity index (χ2n) is 4.92. The highest BCUT2D eigenvalue weighted by molar-refractivity contribution is 5.85. The van der Waals surface area contributed by atoms with Gasteiger partial charge in [0.05, 0.1) is 6.04 Å². The lowest BCUT2D eigenvalue weighted by molar-refractivity contribution is -0.123. The van der Waals surface area contributed by atoms with Crippen molar-refractivity contribution >= 4 is 30.7 Å². The van der Waals surface area contributed by atoms with Crippen LogP contribution in [0.3, 0.4) is 0 Å². The Labute approximate surface area is 123 Å². The maximum atomic E-state index is 11.6. The number of carbonyl (C=O) groups is 1. The van der Waals surface area contributed by atoms with Gasteiger partial charge in [0.25, 0.3) is 0 Å². The van der Waals surface area contributed by atoms with E-state index in [0.29, 0.717) is 6.54 Å². The number of nitrogens with two attached hydrogens (primary N) is 1. The summed E-state index contributed by atoms with van der Waals surface area (Å²) in [6.45, 7) is 8.82. The van der Waals surface area contributed by atoms with Gasteiger partial charge in [-0.3, -0.25) is 9.69 Å². The van der Waals surface area contributed by atoms with Crippen molar-refractivity contribution in [2.45, 2.75) is 45.7 Å². The fraction of sp³-hybridized carbons (Fsp3) is 0.917. The van der Waals surface area contributed by atoms with Crippen molar-refractivity contribution in [3.8, 4) is 0 Å². The summed E-state index contributed by atoms with van der Waals surface area (Å²) < 4.78 is 0. The van der Waals surface area contributed by atoms with E-state index in [1.165, 1.54) is 12.8 Å². The number of hydrogen-bond donors (Lipinski definition) is 2. The standard InChI is InChI=1S/C12H25N3O.2ClH/c1-4-15(10-5-6-10)8-7-14-12(16)11(13)9(2)3;;/h9-11H,4-8,13H2,1-3H3,(H,14,16);2*1H/t11-;;/m1../s1. The summed E-state index contributed by atoms with van der Waals surface area (Å²) in [7, 11) is 0. The summed E-state index contributed by atoms with van der Waals surface area (Å²) in [5, 5.41) is 2.91. The van der Waals surface area contributed by atoms with E-state index in [1.54, 1.807) is 0 Å². The molecule has 0 heterocycles. The van der Waals surface area contributed by atoms with Crippen LogP contribution in [0.25, 0.3) is 0 Å². The van der Waals surface area contributed by atoms with Gasteiger partial charge < -0.3 is 11.1 Å². The van der Waals surface area contributed by atoms with E-state index < -0.39 is 0 Å². The summed E-state index contributed by atoms with van der Waals surface area (Å²) in [5.41, 5.74) is 5.76. The number of likely N-dealkylation sites (N-methyl/N-ethyl adjacent to an activating group) is 1. The van der Waals surface area contributed by atoms with Crippen LogP contribution in [0, 0.1) is 5.92 Å². The third kappa shape index (κ3) is 6.78. The molecule has 1 saturated carbocycles. The Morgan fingerprint density at radius 1 is 1.39 bits per heavy atom. The first-order valence-corrected chi connectivity index (χ1v) is 6.33. The van der Waals surface area contributed by atoms with Crippen LogP contribution < -0.4 is 11.1 Å². The molecule has 1 atom stereocenters. The minimum absolute atomic E-state index is 0. The lowest BCUT2D eigenvalue weighted by atomic mass is 10.1. The summed E-state index contributed by atoms with van der Waals surface area (Å²) in [6, 6.07) is 0.386. The first kappa shape index (κ1) is 20.3. The van der Waals surface area contributed by atoms with Crippen molar-refractivity contribution < 1.29 is 4.79 Å². The van der Waals surface area contributed by atoms with Crippen LogP contribution in [0.4, 0.5) is 0 Å². The van der Waals surface area contributed by atoms with Gasteiger partial charge >= 0.3 is 0 Å². The van der Waals surface area contributed by atoms with E-state index in [2.05, 4.69) is 17.1 Å². The number of halogens is 2. The van der Waals surface area contributed by atoms with E-state index in [0.717, 1.165) is 19.1 Å². The third-order valence-electron chi connectivity index (χ3n) is 3.19. The molecule has 110 valence electrons. The molecule has 1 aliphatic rings. The summed E-state index contributed by atoms with van der Waals surface area (Å²) in [4.78, 5) is 14.0. The van der Waals surface area contributed by atoms with Gasteiger partial charge in [-0.15, -0.1) is 24.8 Å². The molecule has 0 aromatic carbocycles. The quantitative estimate of drug-likeness (QED) is 0.747. The van der Waals surface area contributed by atoms with Gasteiger partial charge in [-0.05, 0) is 25.3 Å². The summed E-state index contributed by atoms with van der Waals surface area (Å²) >= 11 is 0. The van der Waals surface area contributed by atoms with Crippen molar-refractivity contribution in [2.75, 3.05) is 19.6 Å². The Morgan fingerprint density at radius 2 is 1.94 bits per heavy atom. The van der Waals surface area contributed by atoms with E-state index in [9.17, 15) is 4.79 Å². The molecule has 0 aromatic rings. The lowest BCUT2D eigenvalue weighted by Gasteiger charge is -2.21. The van der Waals surface area contributed by atoms with Crippen LogP contribution in [0.1, 0.15) is 33.6 Å². The van der Waals surface area contributed by atoms with Gasteiger partial charge in [-0.1, -0.05) is 20.8 Å². The average molecular weight is 300 g/mol. The zero-order chi connectivity index (χ0) is 12.1. The number of rotatable bonds is 7. The van der Waals surface area contributed by atoms with Crippen molar-refractivity contribution in [1.82, 2.24) is 10.2 Å². The van der Waals surface area contributed by atoms with E-state index >= 15 is 0 Å². The van der Waals surface area contributed by atoms with Crippen LogP contribution in [-0.2, 0) is 4.79 Å². The Kier molecular flexibility index (Phi) is 11.1. The number of nitrogens with zero attached hydrogens (tertiary/aromatic N) is 1. The Balaban J connectivity index is 0. The van der Waals surface area contributed by atoms with E-state index in [1.807, 2.05) is 13.8 Å². The molecule has 0 spiro atoms. The summed E-state index contributed by atoms with van der Waals surface area (Å²) in [6.07, 6.45) is 2.63. The topological polar surface area (TPSA) is 58.4 Å². The molecule has 18 heavy (non-hydrogen) atoms. The molecule has 0 aromatic heterocycles. The molecule has 0 radical (unpaired) electrons. The minimum Gasteiger partial charge on any atom is -0.353 e. The van der Waals surface area contributed by atoms with Crippen molar-refractivity contribution in [3.63, 3.8) is 0 Å². The van der Waals surface area contributed by atoms with Crippen molar-refractivity contribution in [3.05, 3.63) is 0 Å². The maximum Gasteiger partial charge on any atom is 0.237 e. The van der Waals surface area contributed by atoms with Gasteiger partial charge in [-0.2, -0.15) is 0 Å². The first-order chi connectivity index (χ1) is 7.56. The van der Waals surface area contributed by atoms with Crippen LogP contribution in [-0.4, -0.2) is 42.5 Å². The number of carbonyl (C=O) groups excluding carboxylic acids is 1. The molecule has 0 aliphatic heterocycles. The third-order valence-corrected chi connectivity index (χ3v) is 3.19. The van der Waals surface area contributed by atoms with Crippen LogP contribution in [0.15, 0.2) is 0 Å². The van der Waals surface area contributed by atoms with Gasteiger partial charge in [0, 0.05) is 19.1 Å². The number of nitrogens with one attached hydrogen (secondary N) is 1. The zero-order valence-corrected chi connectivity index (χ0v) is 13.1. The molecule has 6 heteroatoms.